The molecule has 0 saturated carbocycles. The molecule has 0 aliphatic carbocycles. The van der Waals surface area contributed by atoms with Crippen LogP contribution in [0.5, 0.6) is 0 Å². The molecule has 1 rings (SSSR count). The van der Waals surface area contributed by atoms with Gasteiger partial charge >= 0.3 is 0 Å². The van der Waals surface area contributed by atoms with Gasteiger partial charge in [-0.3, -0.25) is 10.1 Å². The average Bonchev–Trinajstić information content (AvgIpc) is 2.29. The van der Waals surface area contributed by atoms with Crippen molar-refractivity contribution in [3.63, 3.8) is 0 Å². The highest BCUT2D eigenvalue weighted by molar-refractivity contribution is 5.39. The monoisotopic (exact) mass is 235 g/mol. The summed E-state index contributed by atoms with van der Waals surface area (Å²) in [6.45, 7) is 5.51. The van der Waals surface area contributed by atoms with E-state index in [1.165, 1.54) is 0 Å². The van der Waals surface area contributed by atoms with E-state index in [2.05, 4.69) is 17.2 Å². The minimum atomic E-state index is -0.365. The van der Waals surface area contributed by atoms with Crippen molar-refractivity contribution in [1.82, 2.24) is 10.6 Å². The average molecular weight is 235 g/mol. The lowest BCUT2D eigenvalue weighted by Crippen LogP contribution is -2.13. The largest absolute Gasteiger partial charge is 0.316 e. The fraction of sp³-hybridized carbons (Fsp3) is 0.333. The van der Waals surface area contributed by atoms with Crippen LogP contribution in [0.2, 0.25) is 0 Å². The lowest BCUT2D eigenvalue weighted by atomic mass is 10.1. The zero-order valence-corrected chi connectivity index (χ0v) is 9.90. The van der Waals surface area contributed by atoms with Gasteiger partial charge in [-0.05, 0) is 18.2 Å². The van der Waals surface area contributed by atoms with Gasteiger partial charge in [-0.1, -0.05) is 12.1 Å². The Bertz CT molecular complexity index is 405. The van der Waals surface area contributed by atoms with Crippen LogP contribution in [0.25, 0.3) is 0 Å². The maximum atomic E-state index is 10.8. The van der Waals surface area contributed by atoms with E-state index in [0.29, 0.717) is 19.6 Å². The molecule has 0 unspecified atom stereocenters. The second-order valence-corrected chi connectivity index (χ2v) is 3.71. The van der Waals surface area contributed by atoms with Crippen molar-refractivity contribution in [2.75, 3.05) is 13.6 Å². The highest BCUT2D eigenvalue weighted by Crippen LogP contribution is 2.17. The normalized spacial score (nSPS) is 10.2. The standard InChI is InChI=1S/C12H17N3O2/c1-3-4-14-9-11-5-10(8-13-2)6-12(7-11)15(16)17/h3,5-7,13-14H,1,4,8-9H2,2H3. The summed E-state index contributed by atoms with van der Waals surface area (Å²) in [6.07, 6.45) is 1.76. The van der Waals surface area contributed by atoms with Gasteiger partial charge in [-0.15, -0.1) is 6.58 Å². The maximum absolute atomic E-state index is 10.8. The van der Waals surface area contributed by atoms with E-state index in [0.717, 1.165) is 11.1 Å². The topological polar surface area (TPSA) is 67.2 Å². The van der Waals surface area contributed by atoms with Gasteiger partial charge in [0.25, 0.3) is 5.69 Å². The molecule has 0 bridgehead atoms. The van der Waals surface area contributed by atoms with Crippen LogP contribution in [-0.4, -0.2) is 18.5 Å². The summed E-state index contributed by atoms with van der Waals surface area (Å²) < 4.78 is 0. The van der Waals surface area contributed by atoms with Crippen molar-refractivity contribution >= 4 is 5.69 Å². The van der Waals surface area contributed by atoms with Gasteiger partial charge < -0.3 is 10.6 Å². The van der Waals surface area contributed by atoms with Gasteiger partial charge in [0, 0.05) is 31.8 Å². The van der Waals surface area contributed by atoms with Crippen molar-refractivity contribution in [2.24, 2.45) is 0 Å². The molecule has 0 fully saturated rings. The molecule has 5 nitrogen and oxygen atoms in total. The van der Waals surface area contributed by atoms with Crippen LogP contribution in [0.3, 0.4) is 0 Å². The second kappa shape index (κ2) is 6.78. The third-order valence-electron chi connectivity index (χ3n) is 2.25. The predicted octanol–water partition coefficient (Wildman–Crippen LogP) is 1.59. The summed E-state index contributed by atoms with van der Waals surface area (Å²) in [5.41, 5.74) is 1.96. The first-order chi connectivity index (χ1) is 8.17. The molecule has 2 N–H and O–H groups in total. The lowest BCUT2D eigenvalue weighted by Gasteiger charge is -2.06. The molecule has 0 aromatic heterocycles. The van der Waals surface area contributed by atoms with Crippen molar-refractivity contribution < 1.29 is 4.92 Å². The number of hydrogen-bond acceptors (Lipinski definition) is 4. The zero-order chi connectivity index (χ0) is 12.7. The quantitative estimate of drug-likeness (QED) is 0.326. The van der Waals surface area contributed by atoms with Crippen LogP contribution < -0.4 is 10.6 Å². The molecule has 92 valence electrons. The number of rotatable bonds is 7. The van der Waals surface area contributed by atoms with Crippen LogP contribution >= 0.6 is 0 Å². The number of nitrogens with one attached hydrogen (secondary N) is 2. The van der Waals surface area contributed by atoms with Crippen molar-refractivity contribution in [3.8, 4) is 0 Å². The first-order valence-corrected chi connectivity index (χ1v) is 5.41. The Hall–Kier alpha value is -1.72. The first kappa shape index (κ1) is 13.3. The molecule has 1 aromatic rings. The van der Waals surface area contributed by atoms with E-state index in [-0.39, 0.29) is 10.6 Å². The Morgan fingerprint density at radius 3 is 2.53 bits per heavy atom. The predicted molar refractivity (Wildman–Crippen MR) is 67.8 cm³/mol. The van der Waals surface area contributed by atoms with Crippen LogP contribution in [0.15, 0.2) is 30.9 Å². The molecule has 17 heavy (non-hydrogen) atoms. The fourth-order valence-electron chi connectivity index (χ4n) is 1.58. The Balaban J connectivity index is 2.86. The van der Waals surface area contributed by atoms with Crippen LogP contribution in [0, 0.1) is 10.1 Å². The van der Waals surface area contributed by atoms with Gasteiger partial charge in [0.15, 0.2) is 0 Å². The van der Waals surface area contributed by atoms with E-state index in [1.807, 2.05) is 13.1 Å². The highest BCUT2D eigenvalue weighted by atomic mass is 16.6. The summed E-state index contributed by atoms with van der Waals surface area (Å²) in [6, 6.07) is 5.14. The third kappa shape index (κ3) is 4.34. The molecule has 0 aliphatic rings. The van der Waals surface area contributed by atoms with Gasteiger partial charge in [-0.25, -0.2) is 0 Å². The van der Waals surface area contributed by atoms with E-state index in [4.69, 9.17) is 0 Å². The van der Waals surface area contributed by atoms with Gasteiger partial charge in [0.05, 0.1) is 4.92 Å². The van der Waals surface area contributed by atoms with Crippen molar-refractivity contribution in [1.29, 1.82) is 0 Å². The van der Waals surface area contributed by atoms with Gasteiger partial charge in [0.2, 0.25) is 0 Å². The Labute approximate surface area is 101 Å². The molecule has 0 aliphatic heterocycles. The molecule has 0 saturated heterocycles. The summed E-state index contributed by atoms with van der Waals surface area (Å²) in [5.74, 6) is 0. The number of hydrogen-bond donors (Lipinski definition) is 2. The number of benzene rings is 1. The molecule has 0 heterocycles. The SMILES string of the molecule is C=CCNCc1cc(CNC)cc([N+](=O)[O-])c1. The minimum Gasteiger partial charge on any atom is -0.316 e. The third-order valence-corrected chi connectivity index (χ3v) is 2.25. The molecule has 5 heteroatoms. The first-order valence-electron chi connectivity index (χ1n) is 5.41. The Kier molecular flexibility index (Phi) is 5.32. The number of nitro groups is 1. The van der Waals surface area contributed by atoms with Crippen molar-refractivity contribution in [2.45, 2.75) is 13.1 Å². The number of nitro benzene ring substituents is 1. The molecule has 0 atom stereocenters. The summed E-state index contributed by atoms with van der Waals surface area (Å²) >= 11 is 0. The molecule has 1 aromatic carbocycles. The molecule has 0 spiro atoms. The smallest absolute Gasteiger partial charge is 0.270 e. The maximum Gasteiger partial charge on any atom is 0.270 e. The van der Waals surface area contributed by atoms with Crippen LogP contribution in [-0.2, 0) is 13.1 Å². The Morgan fingerprint density at radius 2 is 2.00 bits per heavy atom. The lowest BCUT2D eigenvalue weighted by molar-refractivity contribution is -0.385. The molecule has 0 radical (unpaired) electrons. The number of non-ortho nitro benzene ring substituents is 1. The van der Waals surface area contributed by atoms with Gasteiger partial charge in [0.1, 0.15) is 0 Å². The molecule has 0 amide bonds. The van der Waals surface area contributed by atoms with Crippen molar-refractivity contribution in [3.05, 3.63) is 52.1 Å². The fourth-order valence-corrected chi connectivity index (χ4v) is 1.58. The van der Waals surface area contributed by atoms with Crippen LogP contribution in [0.1, 0.15) is 11.1 Å². The minimum absolute atomic E-state index is 0.133. The van der Waals surface area contributed by atoms with E-state index >= 15 is 0 Å². The second-order valence-electron chi connectivity index (χ2n) is 3.71. The summed E-state index contributed by atoms with van der Waals surface area (Å²) in [7, 11) is 1.81. The highest BCUT2D eigenvalue weighted by Gasteiger charge is 2.09. The van der Waals surface area contributed by atoms with E-state index < -0.39 is 0 Å². The Morgan fingerprint density at radius 1 is 1.35 bits per heavy atom. The summed E-state index contributed by atoms with van der Waals surface area (Å²) in [5, 5.41) is 16.9. The molecular weight excluding hydrogens is 218 g/mol. The van der Waals surface area contributed by atoms with E-state index in [9.17, 15) is 10.1 Å². The van der Waals surface area contributed by atoms with Gasteiger partial charge in [-0.2, -0.15) is 0 Å². The van der Waals surface area contributed by atoms with E-state index in [1.54, 1.807) is 18.2 Å². The molecular formula is C12H17N3O2. The number of nitrogens with zero attached hydrogens (tertiary/aromatic N) is 1. The van der Waals surface area contributed by atoms with Crippen LogP contribution in [0.4, 0.5) is 5.69 Å². The summed E-state index contributed by atoms with van der Waals surface area (Å²) in [4.78, 5) is 10.4. The zero-order valence-electron chi connectivity index (χ0n) is 9.90.